The molecule has 1 saturated heterocycles. The minimum absolute atomic E-state index is 0.0970. The van der Waals surface area contributed by atoms with Crippen molar-refractivity contribution in [1.82, 2.24) is 20.1 Å². The van der Waals surface area contributed by atoms with E-state index in [1.165, 1.54) is 0 Å². The number of carbonyl (C=O) groups is 2. The van der Waals surface area contributed by atoms with E-state index in [0.29, 0.717) is 41.8 Å². The molecule has 3 aromatic rings. The number of anilines is 2. The molecule has 2 fully saturated rings. The van der Waals surface area contributed by atoms with Gasteiger partial charge < -0.3 is 19.9 Å². The lowest BCUT2D eigenvalue weighted by atomic mass is 9.74. The number of methoxy groups -OCH3 is 1. The van der Waals surface area contributed by atoms with Crippen molar-refractivity contribution in [3.63, 3.8) is 0 Å². The van der Waals surface area contributed by atoms with Crippen molar-refractivity contribution in [2.24, 2.45) is 13.0 Å². The molecule has 0 atom stereocenters. The van der Waals surface area contributed by atoms with Gasteiger partial charge in [-0.3, -0.25) is 19.3 Å². The van der Waals surface area contributed by atoms with E-state index in [1.54, 1.807) is 24.1 Å². The summed E-state index contributed by atoms with van der Waals surface area (Å²) in [4.78, 5) is 35.3. The van der Waals surface area contributed by atoms with E-state index < -0.39 is 5.41 Å². The molecule has 9 nitrogen and oxygen atoms in total. The van der Waals surface area contributed by atoms with Crippen LogP contribution in [-0.4, -0.2) is 59.4 Å². The number of carbonyl (C=O) groups excluding carboxylic acids is 2. The average Bonchev–Trinajstić information content (AvgIpc) is 3.44. The van der Waals surface area contributed by atoms with E-state index in [4.69, 9.17) is 16.3 Å². The lowest BCUT2D eigenvalue weighted by Gasteiger charge is -2.47. The van der Waals surface area contributed by atoms with Crippen LogP contribution in [0.15, 0.2) is 42.9 Å². The fourth-order valence-electron chi connectivity index (χ4n) is 6.34. The maximum Gasteiger partial charge on any atom is 0.253 e. The first-order valence-electron chi connectivity index (χ1n) is 13.4. The minimum atomic E-state index is -0.536. The first kappa shape index (κ1) is 25.7. The standard InChI is InChI=1S/C29H33ClN6O3/c1-18-24(10-20(30)12-31-18)27(37)33-21-6-4-19(5-7-21)14-36-26-11-23(39-3)8-9-25(26)29(28(36)38)16-35(17-29)22-13-32-34(2)15-22/h8-13,15,19,21H,4-7,14,16-17H2,1-3H3,(H,33,37)/t19-,21-. The van der Waals surface area contributed by atoms with Crippen LogP contribution in [0.4, 0.5) is 11.4 Å². The molecule has 1 aromatic carbocycles. The van der Waals surface area contributed by atoms with E-state index >= 15 is 0 Å². The maximum absolute atomic E-state index is 14.0. The zero-order valence-corrected chi connectivity index (χ0v) is 23.2. The third-order valence-corrected chi connectivity index (χ3v) is 8.77. The number of aryl methyl sites for hydroxylation is 2. The van der Waals surface area contributed by atoms with Gasteiger partial charge in [-0.25, -0.2) is 0 Å². The van der Waals surface area contributed by atoms with Crippen molar-refractivity contribution < 1.29 is 14.3 Å². The van der Waals surface area contributed by atoms with Crippen LogP contribution >= 0.6 is 11.6 Å². The Kier molecular flexibility index (Phi) is 6.49. The van der Waals surface area contributed by atoms with Gasteiger partial charge in [-0.1, -0.05) is 17.7 Å². The van der Waals surface area contributed by atoms with Crippen molar-refractivity contribution in [2.75, 3.05) is 36.5 Å². The molecular weight excluding hydrogens is 516 g/mol. The largest absolute Gasteiger partial charge is 0.497 e. The van der Waals surface area contributed by atoms with Crippen molar-refractivity contribution in [3.05, 3.63) is 64.7 Å². The number of nitrogens with zero attached hydrogens (tertiary/aromatic N) is 5. The van der Waals surface area contributed by atoms with Crippen molar-refractivity contribution in [3.8, 4) is 5.75 Å². The van der Waals surface area contributed by atoms with Gasteiger partial charge >= 0.3 is 0 Å². The fraction of sp³-hybridized carbons (Fsp3) is 0.448. The molecule has 2 amide bonds. The lowest BCUT2D eigenvalue weighted by Crippen LogP contribution is -2.64. The second kappa shape index (κ2) is 9.86. The Morgan fingerprint density at radius 3 is 2.64 bits per heavy atom. The molecule has 1 N–H and O–H groups in total. The van der Waals surface area contributed by atoms with Crippen LogP contribution in [0.1, 0.15) is 47.3 Å². The van der Waals surface area contributed by atoms with E-state index in [0.717, 1.165) is 48.4 Å². The molecule has 0 radical (unpaired) electrons. The summed E-state index contributed by atoms with van der Waals surface area (Å²) >= 11 is 6.06. The second-order valence-corrected chi connectivity index (χ2v) is 11.5. The zero-order chi connectivity index (χ0) is 27.3. The molecule has 0 unspecified atom stereocenters. The molecule has 10 heteroatoms. The van der Waals surface area contributed by atoms with Gasteiger partial charge in [-0.2, -0.15) is 5.10 Å². The normalized spacial score (nSPS) is 21.6. The molecule has 1 aliphatic carbocycles. The summed E-state index contributed by atoms with van der Waals surface area (Å²) in [6.45, 7) is 3.77. The number of rotatable bonds is 6. The summed E-state index contributed by atoms with van der Waals surface area (Å²) in [5.74, 6) is 1.15. The number of hydrogen-bond acceptors (Lipinski definition) is 6. The molecular formula is C29H33ClN6O3. The first-order valence-corrected chi connectivity index (χ1v) is 13.8. The Labute approximate surface area is 233 Å². The Morgan fingerprint density at radius 2 is 1.95 bits per heavy atom. The van der Waals surface area contributed by atoms with Gasteiger partial charge in [0.15, 0.2) is 0 Å². The lowest BCUT2D eigenvalue weighted by molar-refractivity contribution is -0.124. The molecule has 39 heavy (non-hydrogen) atoms. The molecule has 2 aliphatic heterocycles. The van der Waals surface area contributed by atoms with Gasteiger partial charge in [0.25, 0.3) is 5.91 Å². The van der Waals surface area contributed by atoms with Gasteiger partial charge in [0.2, 0.25) is 5.91 Å². The van der Waals surface area contributed by atoms with Crippen LogP contribution in [-0.2, 0) is 17.3 Å². The summed E-state index contributed by atoms with van der Waals surface area (Å²) in [6, 6.07) is 7.78. The highest BCUT2D eigenvalue weighted by molar-refractivity contribution is 6.30. The zero-order valence-electron chi connectivity index (χ0n) is 22.5. The number of hydrogen-bond donors (Lipinski definition) is 1. The third-order valence-electron chi connectivity index (χ3n) is 8.56. The number of aromatic nitrogens is 3. The van der Waals surface area contributed by atoms with Crippen LogP contribution in [0.2, 0.25) is 5.02 Å². The van der Waals surface area contributed by atoms with Crippen molar-refractivity contribution in [1.29, 1.82) is 0 Å². The summed E-state index contributed by atoms with van der Waals surface area (Å²) in [6.07, 6.45) is 9.01. The molecule has 204 valence electrons. The number of nitrogens with one attached hydrogen (secondary N) is 1. The second-order valence-electron chi connectivity index (χ2n) is 11.1. The molecule has 0 bridgehead atoms. The number of benzene rings is 1. The smallest absolute Gasteiger partial charge is 0.253 e. The topological polar surface area (TPSA) is 92.6 Å². The van der Waals surface area contributed by atoms with Gasteiger partial charge in [-0.15, -0.1) is 0 Å². The highest BCUT2D eigenvalue weighted by atomic mass is 35.5. The Bertz CT molecular complexity index is 1420. The van der Waals surface area contributed by atoms with Gasteiger partial charge in [-0.05, 0) is 56.2 Å². The predicted molar refractivity (Wildman–Crippen MR) is 150 cm³/mol. The van der Waals surface area contributed by atoms with E-state index in [2.05, 4.69) is 26.4 Å². The quantitative estimate of drug-likeness (QED) is 0.502. The Morgan fingerprint density at radius 1 is 1.18 bits per heavy atom. The monoisotopic (exact) mass is 548 g/mol. The van der Waals surface area contributed by atoms with Crippen LogP contribution < -0.4 is 19.9 Å². The first-order chi connectivity index (χ1) is 18.8. The van der Waals surface area contributed by atoms with E-state index in [1.807, 2.05) is 43.4 Å². The molecule has 1 saturated carbocycles. The van der Waals surface area contributed by atoms with Gasteiger partial charge in [0, 0.05) is 51.2 Å². The molecule has 6 rings (SSSR count). The number of fused-ring (bicyclic) bond motifs is 2. The van der Waals surface area contributed by atoms with Gasteiger partial charge in [0.05, 0.1) is 41.0 Å². The molecule has 4 heterocycles. The summed E-state index contributed by atoms with van der Waals surface area (Å²) < 4.78 is 7.30. The number of pyridine rings is 1. The SMILES string of the molecule is COc1ccc2c(c1)N(C[C@H]1CC[C@H](NC(=O)c3cc(Cl)cnc3C)CC1)C(=O)C21CN(c2cnn(C)c2)C1. The number of ether oxygens (including phenoxy) is 1. The van der Waals surface area contributed by atoms with Crippen LogP contribution in [0.25, 0.3) is 0 Å². The van der Waals surface area contributed by atoms with E-state index in [9.17, 15) is 9.59 Å². The number of amides is 2. The summed E-state index contributed by atoms with van der Waals surface area (Å²) in [5, 5.41) is 7.91. The molecule has 2 aromatic heterocycles. The third kappa shape index (κ3) is 4.52. The minimum Gasteiger partial charge on any atom is -0.497 e. The highest BCUT2D eigenvalue weighted by Crippen LogP contribution is 2.50. The Hall–Kier alpha value is -3.59. The summed E-state index contributed by atoms with van der Waals surface area (Å²) in [5.41, 5.74) is 3.73. The van der Waals surface area contributed by atoms with Crippen molar-refractivity contribution in [2.45, 2.75) is 44.1 Å². The summed E-state index contributed by atoms with van der Waals surface area (Å²) in [7, 11) is 3.56. The van der Waals surface area contributed by atoms with E-state index in [-0.39, 0.29) is 17.9 Å². The predicted octanol–water partition coefficient (Wildman–Crippen LogP) is 3.88. The highest BCUT2D eigenvalue weighted by Gasteiger charge is 2.58. The van der Waals surface area contributed by atoms with Crippen molar-refractivity contribution >= 4 is 34.8 Å². The molecule has 1 spiro atoms. The van der Waals surface area contributed by atoms with Gasteiger partial charge in [0.1, 0.15) is 11.2 Å². The number of halogens is 1. The van der Waals surface area contributed by atoms with Crippen LogP contribution in [0.5, 0.6) is 5.75 Å². The van der Waals surface area contributed by atoms with Crippen LogP contribution in [0, 0.1) is 12.8 Å². The average molecular weight is 549 g/mol. The maximum atomic E-state index is 14.0. The molecule has 3 aliphatic rings. The Balaban J connectivity index is 1.13. The van der Waals surface area contributed by atoms with Crippen LogP contribution in [0.3, 0.4) is 0 Å². The fourth-order valence-corrected chi connectivity index (χ4v) is 6.50.